The Balaban J connectivity index is 1.72. The van der Waals surface area contributed by atoms with Crippen LogP contribution < -0.4 is 10.9 Å². The summed E-state index contributed by atoms with van der Waals surface area (Å²) < 4.78 is 22.5. The first-order valence-corrected chi connectivity index (χ1v) is 16.7. The molecule has 3 aromatic rings. The van der Waals surface area contributed by atoms with E-state index in [0.717, 1.165) is 47.6 Å². The third-order valence-electron chi connectivity index (χ3n) is 8.87. The van der Waals surface area contributed by atoms with Gasteiger partial charge in [-0.05, 0) is 98.4 Å². The Morgan fingerprint density at radius 3 is 2.28 bits per heavy atom. The van der Waals surface area contributed by atoms with Gasteiger partial charge in [0.2, 0.25) is 5.91 Å². The molecule has 0 spiro atoms. The van der Waals surface area contributed by atoms with Gasteiger partial charge < -0.3 is 15.0 Å². The summed E-state index contributed by atoms with van der Waals surface area (Å²) in [6, 6.07) is 9.29. The van der Waals surface area contributed by atoms with Gasteiger partial charge in [-0.25, -0.2) is 9.07 Å². The minimum absolute atomic E-state index is 0.0431. The topological polar surface area (TPSA) is 93.5 Å². The van der Waals surface area contributed by atoms with Crippen molar-refractivity contribution in [1.29, 1.82) is 0 Å². The van der Waals surface area contributed by atoms with E-state index in [-0.39, 0.29) is 30.1 Å². The maximum atomic E-state index is 16.0. The number of nitrogens with one attached hydrogen (secondary N) is 1. The van der Waals surface area contributed by atoms with Crippen molar-refractivity contribution in [1.82, 2.24) is 20.0 Å². The lowest BCUT2D eigenvalue weighted by molar-refractivity contribution is -0.144. The van der Waals surface area contributed by atoms with Crippen molar-refractivity contribution in [3.05, 3.63) is 86.1 Å². The number of hydrogen-bond donors (Lipinski definition) is 1. The van der Waals surface area contributed by atoms with Crippen LogP contribution in [0.4, 0.5) is 4.39 Å². The zero-order chi connectivity index (χ0) is 34.6. The van der Waals surface area contributed by atoms with E-state index < -0.39 is 29.8 Å². The van der Waals surface area contributed by atoms with Crippen LogP contribution in [-0.2, 0) is 20.7 Å². The van der Waals surface area contributed by atoms with Gasteiger partial charge in [-0.1, -0.05) is 45.9 Å². The van der Waals surface area contributed by atoms with Gasteiger partial charge in [0.15, 0.2) is 0 Å². The van der Waals surface area contributed by atoms with Crippen LogP contribution in [0.5, 0.6) is 0 Å². The Kier molecular flexibility index (Phi) is 11.4. The van der Waals surface area contributed by atoms with E-state index in [2.05, 4.69) is 24.1 Å². The van der Waals surface area contributed by atoms with E-state index in [1.165, 1.54) is 4.68 Å². The Morgan fingerprint density at radius 1 is 1.02 bits per heavy atom. The Morgan fingerprint density at radius 2 is 1.68 bits per heavy atom. The molecule has 0 bridgehead atoms. The van der Waals surface area contributed by atoms with Crippen LogP contribution in [0.25, 0.3) is 11.1 Å². The summed E-state index contributed by atoms with van der Waals surface area (Å²) in [5, 5.41) is 7.66. The molecule has 0 unspecified atom stereocenters. The standard InChI is InChI=1S/C38H51FN4O4/c1-10-47-33(44)20-31(30-19-28(17-26(6)35(30)39)34-24(4)12-11-13-25(34)5)40-36(45)32(16-23(2)3)43-37(46)27(7)18-29(41-43)14-15-42-21-38(8,9)22-42/h11-13,17-19,23,31-32H,10,14-16,20-22H2,1-9H3,(H,40,45)/t31-,32-/m0/s1. The maximum Gasteiger partial charge on any atom is 0.308 e. The minimum Gasteiger partial charge on any atom is -0.466 e. The predicted molar refractivity (Wildman–Crippen MR) is 184 cm³/mol. The van der Waals surface area contributed by atoms with Crippen LogP contribution in [0, 0.1) is 44.8 Å². The average molecular weight is 647 g/mol. The number of rotatable bonds is 13. The van der Waals surface area contributed by atoms with Crippen molar-refractivity contribution < 1.29 is 18.7 Å². The van der Waals surface area contributed by atoms with E-state index in [9.17, 15) is 14.4 Å². The third kappa shape index (κ3) is 8.74. The van der Waals surface area contributed by atoms with Gasteiger partial charge in [-0.3, -0.25) is 14.4 Å². The van der Waals surface area contributed by atoms with Gasteiger partial charge in [0, 0.05) is 37.2 Å². The molecule has 1 aromatic heterocycles. The second kappa shape index (κ2) is 14.9. The number of aromatic nitrogens is 2. The number of aryl methyl sites for hydroxylation is 4. The number of nitrogens with zero attached hydrogens (tertiary/aromatic N) is 3. The van der Waals surface area contributed by atoms with Crippen molar-refractivity contribution in [2.24, 2.45) is 11.3 Å². The van der Waals surface area contributed by atoms with Crippen LogP contribution >= 0.6 is 0 Å². The molecule has 1 saturated heterocycles. The van der Waals surface area contributed by atoms with Gasteiger partial charge in [-0.15, -0.1) is 0 Å². The van der Waals surface area contributed by atoms with Crippen molar-refractivity contribution in [2.45, 2.75) is 93.7 Å². The normalized spacial score (nSPS) is 15.6. The highest BCUT2D eigenvalue weighted by Crippen LogP contribution is 2.34. The van der Waals surface area contributed by atoms with Gasteiger partial charge >= 0.3 is 5.97 Å². The first kappa shape index (κ1) is 36.0. The van der Waals surface area contributed by atoms with Gasteiger partial charge in [0.05, 0.1) is 24.8 Å². The first-order valence-electron chi connectivity index (χ1n) is 16.7. The zero-order valence-electron chi connectivity index (χ0n) is 29.5. The fourth-order valence-corrected chi connectivity index (χ4v) is 6.76. The first-order chi connectivity index (χ1) is 22.1. The largest absolute Gasteiger partial charge is 0.466 e. The molecule has 1 fully saturated rings. The van der Waals surface area contributed by atoms with Crippen molar-refractivity contribution in [3.8, 4) is 11.1 Å². The molecule has 1 N–H and O–H groups in total. The number of benzene rings is 2. The van der Waals surface area contributed by atoms with Crippen molar-refractivity contribution in [3.63, 3.8) is 0 Å². The predicted octanol–water partition coefficient (Wildman–Crippen LogP) is 6.57. The molecule has 2 heterocycles. The van der Waals surface area contributed by atoms with Crippen LogP contribution in [0.3, 0.4) is 0 Å². The summed E-state index contributed by atoms with van der Waals surface area (Å²) >= 11 is 0. The second-order valence-electron chi connectivity index (χ2n) is 14.4. The van der Waals surface area contributed by atoms with Crippen LogP contribution in [0.15, 0.2) is 41.2 Å². The smallest absolute Gasteiger partial charge is 0.308 e. The van der Waals surface area contributed by atoms with Crippen LogP contribution in [-0.4, -0.2) is 52.8 Å². The number of ether oxygens (including phenoxy) is 1. The highest BCUT2D eigenvalue weighted by Gasteiger charge is 2.34. The molecule has 1 aliphatic rings. The summed E-state index contributed by atoms with van der Waals surface area (Å²) in [5.74, 6) is -1.52. The lowest BCUT2D eigenvalue weighted by Crippen LogP contribution is -2.53. The summed E-state index contributed by atoms with van der Waals surface area (Å²) in [6.07, 6.45) is 0.709. The van der Waals surface area contributed by atoms with Gasteiger partial charge in [0.25, 0.3) is 5.56 Å². The number of carbonyl (C=O) groups excluding carboxylic acids is 2. The van der Waals surface area contributed by atoms with Crippen molar-refractivity contribution >= 4 is 11.9 Å². The highest BCUT2D eigenvalue weighted by molar-refractivity contribution is 5.82. The van der Waals surface area contributed by atoms with Crippen LogP contribution in [0.2, 0.25) is 0 Å². The lowest BCUT2D eigenvalue weighted by atomic mass is 9.84. The molecular formula is C38H51FN4O4. The second-order valence-corrected chi connectivity index (χ2v) is 14.4. The summed E-state index contributed by atoms with van der Waals surface area (Å²) in [7, 11) is 0. The molecule has 0 aliphatic carbocycles. The van der Waals surface area contributed by atoms with E-state index in [1.807, 2.05) is 45.9 Å². The van der Waals surface area contributed by atoms with Gasteiger partial charge in [-0.2, -0.15) is 5.10 Å². The molecule has 9 heteroatoms. The lowest BCUT2D eigenvalue weighted by Gasteiger charge is -2.46. The number of halogens is 1. The Bertz CT molecular complexity index is 1650. The molecule has 254 valence electrons. The van der Waals surface area contributed by atoms with E-state index >= 15 is 4.39 Å². The molecule has 1 aliphatic heterocycles. The molecule has 1 amide bonds. The number of carbonyl (C=O) groups is 2. The molecule has 0 saturated carbocycles. The number of hydrogen-bond acceptors (Lipinski definition) is 6. The SMILES string of the molecule is CCOC(=O)C[C@H](NC(=O)[C@H](CC(C)C)n1nc(CCN2CC(C)(C)C2)cc(C)c1=O)c1cc(-c2c(C)cccc2C)cc(C)c1F. The number of amides is 1. The molecule has 2 aromatic carbocycles. The molecule has 8 nitrogen and oxygen atoms in total. The summed E-state index contributed by atoms with van der Waals surface area (Å²) in [5.41, 5.74) is 5.62. The summed E-state index contributed by atoms with van der Waals surface area (Å²) in [6.45, 7) is 20.5. The zero-order valence-corrected chi connectivity index (χ0v) is 29.5. The third-order valence-corrected chi connectivity index (χ3v) is 8.87. The monoisotopic (exact) mass is 646 g/mol. The fraction of sp³-hybridized carbons (Fsp3) is 0.526. The Labute approximate surface area is 278 Å². The van der Waals surface area contributed by atoms with Crippen molar-refractivity contribution in [2.75, 3.05) is 26.2 Å². The highest BCUT2D eigenvalue weighted by atomic mass is 19.1. The number of esters is 1. The average Bonchev–Trinajstić information content (AvgIpc) is 2.96. The molecular weight excluding hydrogens is 595 g/mol. The van der Waals surface area contributed by atoms with E-state index in [4.69, 9.17) is 9.84 Å². The quantitative estimate of drug-likeness (QED) is 0.211. The van der Waals surface area contributed by atoms with Crippen LogP contribution in [0.1, 0.15) is 93.1 Å². The molecule has 0 radical (unpaired) electrons. The fourth-order valence-electron chi connectivity index (χ4n) is 6.76. The molecule has 2 atom stereocenters. The maximum absolute atomic E-state index is 16.0. The van der Waals surface area contributed by atoms with E-state index in [1.54, 1.807) is 39.0 Å². The van der Waals surface area contributed by atoms with Gasteiger partial charge in [0.1, 0.15) is 11.9 Å². The van der Waals surface area contributed by atoms with E-state index in [0.29, 0.717) is 29.4 Å². The molecule has 47 heavy (non-hydrogen) atoms. The minimum atomic E-state index is -1.03. The number of likely N-dealkylation sites (tertiary alicyclic amines) is 1. The Hall–Kier alpha value is -3.85. The molecule has 4 rings (SSSR count). The summed E-state index contributed by atoms with van der Waals surface area (Å²) in [4.78, 5) is 42.9.